The molecule has 1 heterocycles. The minimum Gasteiger partial charge on any atom is -0.289 e. The van der Waals surface area contributed by atoms with Gasteiger partial charge in [-0.1, -0.05) is 37.3 Å². The molecule has 3 rings (SSSR count). The maximum atomic E-state index is 4.19. The third kappa shape index (κ3) is 3.22. The highest BCUT2D eigenvalue weighted by Gasteiger charge is 2.30. The molecule has 0 spiro atoms. The van der Waals surface area contributed by atoms with Gasteiger partial charge >= 0.3 is 0 Å². The average Bonchev–Trinajstić information content (AvgIpc) is 3.23. The highest BCUT2D eigenvalue weighted by atomic mass is 15.5. The van der Waals surface area contributed by atoms with E-state index in [0.29, 0.717) is 6.04 Å². The summed E-state index contributed by atoms with van der Waals surface area (Å²) in [6.45, 7) is 4.86. The Morgan fingerprint density at radius 3 is 2.70 bits per heavy atom. The number of rotatable bonds is 7. The van der Waals surface area contributed by atoms with E-state index in [2.05, 4.69) is 57.7 Å². The predicted octanol–water partition coefficient (Wildman–Crippen LogP) is 2.25. The Balaban J connectivity index is 1.70. The molecular formula is C15H21N5. The van der Waals surface area contributed by atoms with Crippen LogP contribution in [0.1, 0.15) is 37.6 Å². The molecule has 1 aromatic carbocycles. The summed E-state index contributed by atoms with van der Waals surface area (Å²) in [5.41, 5.74) is 1.36. The highest BCUT2D eigenvalue weighted by molar-refractivity contribution is 5.15. The molecule has 5 heteroatoms. The molecule has 0 amide bonds. The van der Waals surface area contributed by atoms with Crippen LogP contribution in [0.4, 0.5) is 0 Å². The molecule has 0 saturated heterocycles. The summed E-state index contributed by atoms with van der Waals surface area (Å²) in [5, 5.41) is 12.1. The van der Waals surface area contributed by atoms with Crippen LogP contribution in [0.5, 0.6) is 0 Å². The van der Waals surface area contributed by atoms with E-state index in [4.69, 9.17) is 0 Å². The van der Waals surface area contributed by atoms with Crippen molar-refractivity contribution in [2.45, 2.75) is 51.9 Å². The molecule has 5 nitrogen and oxygen atoms in total. The van der Waals surface area contributed by atoms with Crippen molar-refractivity contribution in [3.63, 3.8) is 0 Å². The van der Waals surface area contributed by atoms with Gasteiger partial charge in [0.25, 0.3) is 0 Å². The second-order valence-electron chi connectivity index (χ2n) is 5.44. The van der Waals surface area contributed by atoms with Gasteiger partial charge in [0.2, 0.25) is 0 Å². The second-order valence-corrected chi connectivity index (χ2v) is 5.44. The minimum atomic E-state index is 0.696. The molecule has 1 aliphatic carbocycles. The van der Waals surface area contributed by atoms with Gasteiger partial charge in [-0.15, -0.1) is 5.10 Å². The van der Waals surface area contributed by atoms with Gasteiger partial charge < -0.3 is 0 Å². The lowest BCUT2D eigenvalue weighted by Gasteiger charge is -2.21. The number of aromatic nitrogens is 4. The number of nitrogens with zero attached hydrogens (tertiary/aromatic N) is 5. The van der Waals surface area contributed by atoms with E-state index in [1.807, 2.05) is 4.68 Å². The predicted molar refractivity (Wildman–Crippen MR) is 76.8 cm³/mol. The molecular weight excluding hydrogens is 250 g/mol. The Hall–Kier alpha value is -1.75. The van der Waals surface area contributed by atoms with E-state index in [1.165, 1.54) is 18.4 Å². The summed E-state index contributed by atoms with van der Waals surface area (Å²) in [5.74, 6) is 0.981. The van der Waals surface area contributed by atoms with Gasteiger partial charge in [-0.3, -0.25) is 4.90 Å². The third-order valence-electron chi connectivity index (χ3n) is 3.68. The Kier molecular flexibility index (Phi) is 4.06. The van der Waals surface area contributed by atoms with Crippen LogP contribution in [-0.4, -0.2) is 31.1 Å². The molecule has 0 bridgehead atoms. The van der Waals surface area contributed by atoms with Gasteiger partial charge in [0.15, 0.2) is 5.82 Å². The summed E-state index contributed by atoms with van der Waals surface area (Å²) in [6.07, 6.45) is 3.64. The molecule has 1 saturated carbocycles. The molecule has 1 aromatic heterocycles. The highest BCUT2D eigenvalue weighted by Crippen LogP contribution is 2.29. The van der Waals surface area contributed by atoms with Crippen molar-refractivity contribution in [2.24, 2.45) is 0 Å². The van der Waals surface area contributed by atoms with E-state index in [9.17, 15) is 0 Å². The number of hydrogen-bond donors (Lipinski definition) is 0. The van der Waals surface area contributed by atoms with Crippen molar-refractivity contribution in [3.05, 3.63) is 41.7 Å². The molecule has 0 unspecified atom stereocenters. The first-order valence-electron chi connectivity index (χ1n) is 7.40. The minimum absolute atomic E-state index is 0.696. The lowest BCUT2D eigenvalue weighted by Crippen LogP contribution is -2.27. The Labute approximate surface area is 119 Å². The lowest BCUT2D eigenvalue weighted by atomic mass is 10.2. The smallest absolute Gasteiger partial charge is 0.165 e. The third-order valence-corrected chi connectivity index (χ3v) is 3.68. The van der Waals surface area contributed by atoms with Crippen molar-refractivity contribution in [2.75, 3.05) is 0 Å². The molecule has 1 fully saturated rings. The van der Waals surface area contributed by atoms with Crippen molar-refractivity contribution in [1.82, 2.24) is 25.1 Å². The second kappa shape index (κ2) is 6.13. The first kappa shape index (κ1) is 13.2. The van der Waals surface area contributed by atoms with Crippen LogP contribution in [0.25, 0.3) is 0 Å². The van der Waals surface area contributed by atoms with Gasteiger partial charge in [-0.25, -0.2) is 4.68 Å². The van der Waals surface area contributed by atoms with E-state index in [1.54, 1.807) is 0 Å². The first-order chi connectivity index (χ1) is 9.86. The standard InChI is InChI=1S/C15H21N5/c1-2-10-20-15(16-17-18-20)12-19(14-8-9-14)11-13-6-4-3-5-7-13/h3-7,14H,2,8-12H2,1H3. The van der Waals surface area contributed by atoms with Crippen LogP contribution in [0.15, 0.2) is 30.3 Å². The summed E-state index contributed by atoms with van der Waals surface area (Å²) in [7, 11) is 0. The number of tetrazole rings is 1. The summed E-state index contributed by atoms with van der Waals surface area (Å²) in [6, 6.07) is 11.3. The van der Waals surface area contributed by atoms with E-state index < -0.39 is 0 Å². The fraction of sp³-hybridized carbons (Fsp3) is 0.533. The molecule has 1 aliphatic rings. The zero-order valence-electron chi connectivity index (χ0n) is 11.9. The molecule has 0 aliphatic heterocycles. The molecule has 106 valence electrons. The summed E-state index contributed by atoms with van der Waals surface area (Å²) >= 11 is 0. The fourth-order valence-electron chi connectivity index (χ4n) is 2.48. The van der Waals surface area contributed by atoms with Crippen molar-refractivity contribution >= 4 is 0 Å². The first-order valence-corrected chi connectivity index (χ1v) is 7.40. The van der Waals surface area contributed by atoms with Gasteiger partial charge in [-0.05, 0) is 35.3 Å². The van der Waals surface area contributed by atoms with Crippen LogP contribution < -0.4 is 0 Å². The summed E-state index contributed by atoms with van der Waals surface area (Å²) in [4.78, 5) is 2.49. The van der Waals surface area contributed by atoms with Crippen LogP contribution >= 0.6 is 0 Å². The quantitative estimate of drug-likeness (QED) is 0.775. The van der Waals surface area contributed by atoms with E-state index in [0.717, 1.165) is 31.9 Å². The molecule has 2 aromatic rings. The largest absolute Gasteiger partial charge is 0.289 e. The van der Waals surface area contributed by atoms with Crippen molar-refractivity contribution < 1.29 is 0 Å². The maximum Gasteiger partial charge on any atom is 0.165 e. The van der Waals surface area contributed by atoms with Crippen LogP contribution in [0.3, 0.4) is 0 Å². The zero-order valence-corrected chi connectivity index (χ0v) is 11.9. The topological polar surface area (TPSA) is 46.8 Å². The van der Waals surface area contributed by atoms with E-state index in [-0.39, 0.29) is 0 Å². The number of aryl methyl sites for hydroxylation is 1. The van der Waals surface area contributed by atoms with Crippen molar-refractivity contribution in [3.8, 4) is 0 Å². The van der Waals surface area contributed by atoms with Gasteiger partial charge in [0.05, 0.1) is 6.54 Å². The molecule has 20 heavy (non-hydrogen) atoms. The van der Waals surface area contributed by atoms with Crippen LogP contribution in [0, 0.1) is 0 Å². The maximum absolute atomic E-state index is 4.19. The SMILES string of the molecule is CCCn1nnnc1CN(Cc1ccccc1)C1CC1. The van der Waals surface area contributed by atoms with Crippen LogP contribution in [0.2, 0.25) is 0 Å². The molecule has 0 radical (unpaired) electrons. The van der Waals surface area contributed by atoms with Crippen LogP contribution in [-0.2, 0) is 19.6 Å². The Morgan fingerprint density at radius 1 is 1.20 bits per heavy atom. The van der Waals surface area contributed by atoms with Gasteiger partial charge in [0.1, 0.15) is 0 Å². The Bertz CT molecular complexity index is 532. The lowest BCUT2D eigenvalue weighted by molar-refractivity contribution is 0.234. The normalized spacial score (nSPS) is 14.9. The summed E-state index contributed by atoms with van der Waals surface area (Å²) < 4.78 is 1.93. The number of hydrogen-bond acceptors (Lipinski definition) is 4. The fourth-order valence-corrected chi connectivity index (χ4v) is 2.48. The van der Waals surface area contributed by atoms with E-state index >= 15 is 0 Å². The zero-order chi connectivity index (χ0) is 13.8. The number of benzene rings is 1. The Morgan fingerprint density at radius 2 is 2.00 bits per heavy atom. The van der Waals surface area contributed by atoms with Gasteiger partial charge in [-0.2, -0.15) is 0 Å². The molecule has 0 N–H and O–H groups in total. The molecule has 0 atom stereocenters. The monoisotopic (exact) mass is 271 g/mol. The van der Waals surface area contributed by atoms with Crippen molar-refractivity contribution in [1.29, 1.82) is 0 Å². The van der Waals surface area contributed by atoms with Gasteiger partial charge in [0, 0.05) is 19.1 Å². The average molecular weight is 271 g/mol.